The number of piperidine rings is 1. The summed E-state index contributed by atoms with van der Waals surface area (Å²) in [4.78, 5) is 40.7. The first-order valence-electron chi connectivity index (χ1n) is 16.2. The molecule has 0 unspecified atom stereocenters. The van der Waals surface area contributed by atoms with E-state index in [9.17, 15) is 19.5 Å². The second-order valence-corrected chi connectivity index (χ2v) is 12.6. The van der Waals surface area contributed by atoms with Gasteiger partial charge in [0.25, 0.3) is 0 Å². The number of aliphatic carboxylic acids is 1. The van der Waals surface area contributed by atoms with Crippen LogP contribution in [0.15, 0.2) is 78.9 Å². The smallest absolute Gasteiger partial charge is 0.303 e. The van der Waals surface area contributed by atoms with Crippen molar-refractivity contribution < 1.29 is 34.1 Å². The number of anilines is 2. The van der Waals surface area contributed by atoms with Gasteiger partial charge < -0.3 is 40.1 Å². The molecule has 0 bridgehead atoms. The lowest BCUT2D eigenvalue weighted by atomic mass is 9.84. The first kappa shape index (κ1) is 32.6. The fourth-order valence-electron chi connectivity index (χ4n) is 6.89. The van der Waals surface area contributed by atoms with E-state index in [4.69, 9.17) is 14.6 Å². The highest BCUT2D eigenvalue weighted by atomic mass is 16.7. The van der Waals surface area contributed by atoms with E-state index >= 15 is 0 Å². The number of aliphatic hydroxyl groups excluding tert-OH is 1. The second kappa shape index (κ2) is 14.2. The number of benzene rings is 3. The van der Waals surface area contributed by atoms with Gasteiger partial charge in [-0.2, -0.15) is 0 Å². The summed E-state index contributed by atoms with van der Waals surface area (Å²) in [6.07, 6.45) is -0.0310. The maximum Gasteiger partial charge on any atom is 0.303 e. The van der Waals surface area contributed by atoms with Crippen LogP contribution in [0.1, 0.15) is 61.7 Å². The topological polar surface area (TPSA) is 141 Å². The molecular formula is C36H42N4O7. The van der Waals surface area contributed by atoms with Crippen molar-refractivity contribution in [1.29, 1.82) is 0 Å². The molecule has 0 radical (unpaired) electrons. The Hall–Kier alpha value is -4.29. The normalized spacial score (nSPS) is 24.2. The van der Waals surface area contributed by atoms with Gasteiger partial charge in [-0.25, -0.2) is 0 Å². The Labute approximate surface area is 274 Å². The van der Waals surface area contributed by atoms with Crippen molar-refractivity contribution in [2.75, 3.05) is 36.5 Å². The molecule has 11 heteroatoms. The van der Waals surface area contributed by atoms with Gasteiger partial charge in [-0.15, -0.1) is 0 Å². The third-order valence-electron chi connectivity index (χ3n) is 9.68. The molecule has 2 amide bonds. The highest BCUT2D eigenvalue weighted by Crippen LogP contribution is 2.43. The van der Waals surface area contributed by atoms with E-state index < -0.39 is 17.8 Å². The third kappa shape index (κ3) is 7.18. The number of carboxylic acids is 1. The molecule has 47 heavy (non-hydrogen) atoms. The molecular weight excluding hydrogens is 600 g/mol. The number of carbonyl (C=O) groups excluding carboxylic acids is 2. The van der Waals surface area contributed by atoms with Crippen LogP contribution in [0.3, 0.4) is 0 Å². The largest absolute Gasteiger partial charge is 0.481 e. The summed E-state index contributed by atoms with van der Waals surface area (Å²) in [6, 6.07) is 25.1. The first-order chi connectivity index (χ1) is 22.8. The molecule has 3 saturated heterocycles. The predicted molar refractivity (Wildman–Crippen MR) is 175 cm³/mol. The summed E-state index contributed by atoms with van der Waals surface area (Å²) >= 11 is 0. The van der Waals surface area contributed by atoms with Crippen molar-refractivity contribution in [1.82, 2.24) is 10.2 Å². The number of carboxylic acid groups (broad SMARTS) is 1. The van der Waals surface area contributed by atoms with Gasteiger partial charge >= 0.3 is 5.97 Å². The van der Waals surface area contributed by atoms with Gasteiger partial charge in [-0.3, -0.25) is 14.4 Å². The van der Waals surface area contributed by atoms with Gasteiger partial charge in [-0.05, 0) is 48.2 Å². The van der Waals surface area contributed by atoms with Gasteiger partial charge in [-0.1, -0.05) is 61.5 Å². The minimum atomic E-state index is -1.02. The molecule has 6 rings (SSSR count). The molecule has 248 valence electrons. The minimum absolute atomic E-state index is 0.00510. The molecule has 3 aromatic rings. The number of nitrogens with zero attached hydrogens (tertiary/aromatic N) is 2. The molecule has 3 heterocycles. The Morgan fingerprint density at radius 3 is 2.28 bits per heavy atom. The Morgan fingerprint density at radius 2 is 1.62 bits per heavy atom. The van der Waals surface area contributed by atoms with Crippen LogP contribution in [0.4, 0.5) is 11.4 Å². The van der Waals surface area contributed by atoms with Crippen LogP contribution >= 0.6 is 0 Å². The molecule has 3 fully saturated rings. The van der Waals surface area contributed by atoms with Crippen LogP contribution in [0.2, 0.25) is 0 Å². The van der Waals surface area contributed by atoms with E-state index in [0.29, 0.717) is 31.7 Å². The number of rotatable bonds is 10. The summed E-state index contributed by atoms with van der Waals surface area (Å²) in [5.74, 6) is -1.29. The number of aliphatic hydroxyl groups is 1. The van der Waals surface area contributed by atoms with E-state index in [1.54, 1.807) is 12.1 Å². The molecule has 1 spiro atoms. The van der Waals surface area contributed by atoms with Crippen molar-refractivity contribution in [3.63, 3.8) is 0 Å². The lowest BCUT2D eigenvalue weighted by Crippen LogP contribution is -2.57. The number of nitrogens with one attached hydrogen (secondary N) is 2. The van der Waals surface area contributed by atoms with Gasteiger partial charge in [0.2, 0.25) is 11.8 Å². The van der Waals surface area contributed by atoms with Gasteiger partial charge in [0, 0.05) is 48.9 Å². The van der Waals surface area contributed by atoms with Crippen molar-refractivity contribution in [2.24, 2.45) is 5.92 Å². The third-order valence-corrected chi connectivity index (χ3v) is 9.68. The summed E-state index contributed by atoms with van der Waals surface area (Å²) in [5, 5.41) is 24.2. The number of carbonyl (C=O) groups is 3. The van der Waals surface area contributed by atoms with Gasteiger partial charge in [0.05, 0.1) is 31.9 Å². The average molecular weight is 643 g/mol. The molecule has 3 aliphatic rings. The van der Waals surface area contributed by atoms with E-state index in [0.717, 1.165) is 35.5 Å². The van der Waals surface area contributed by atoms with Crippen molar-refractivity contribution in [3.05, 3.63) is 95.6 Å². The Bertz CT molecular complexity index is 1540. The van der Waals surface area contributed by atoms with Crippen LogP contribution < -0.4 is 15.5 Å². The summed E-state index contributed by atoms with van der Waals surface area (Å²) < 4.78 is 13.2. The van der Waals surface area contributed by atoms with Crippen LogP contribution in [0.5, 0.6) is 0 Å². The van der Waals surface area contributed by atoms with Crippen molar-refractivity contribution >= 4 is 29.2 Å². The zero-order chi connectivity index (χ0) is 33.0. The van der Waals surface area contributed by atoms with Crippen LogP contribution in [-0.2, 0) is 30.5 Å². The maximum absolute atomic E-state index is 13.2. The minimum Gasteiger partial charge on any atom is -0.481 e. The number of likely N-dealkylation sites (tertiary alicyclic amines) is 1. The fraction of sp³-hybridized carbons (Fsp3) is 0.417. The zero-order valence-electron chi connectivity index (χ0n) is 26.5. The molecule has 11 nitrogen and oxygen atoms in total. The molecule has 0 saturated carbocycles. The Morgan fingerprint density at radius 1 is 0.936 bits per heavy atom. The molecule has 0 aliphatic carbocycles. The fourth-order valence-corrected chi connectivity index (χ4v) is 6.89. The van der Waals surface area contributed by atoms with Crippen LogP contribution in [0.25, 0.3) is 0 Å². The second-order valence-electron chi connectivity index (χ2n) is 12.6. The standard InChI is InChI=1S/C36H42N4O7/c1-24-30(21-39-19-17-36(18-20-39)35(45)37-23-40(36)29-5-3-2-4-6-29)46-34(47-33(24)26-9-7-25(22-41)8-10-26)27-11-13-28(14-12-27)38-31(42)15-16-32(43)44/h2-14,24,30,33-34,41H,15-23H2,1H3,(H,37,45)(H,38,42)(H,43,44)/t24-,30+,33+,34+/m1/s1. The van der Waals surface area contributed by atoms with Crippen molar-refractivity contribution in [3.8, 4) is 0 Å². The summed E-state index contributed by atoms with van der Waals surface area (Å²) in [6.45, 7) is 4.78. The Kier molecular flexibility index (Phi) is 9.88. The van der Waals surface area contributed by atoms with Crippen LogP contribution in [0, 0.1) is 5.92 Å². The van der Waals surface area contributed by atoms with E-state index in [-0.39, 0.29) is 49.4 Å². The number of ether oxygens (including phenoxy) is 2. The summed E-state index contributed by atoms with van der Waals surface area (Å²) in [7, 11) is 0. The van der Waals surface area contributed by atoms with Crippen molar-refractivity contribution in [2.45, 2.75) is 63.3 Å². The molecule has 4 atom stereocenters. The van der Waals surface area contributed by atoms with Gasteiger partial charge in [0.15, 0.2) is 6.29 Å². The maximum atomic E-state index is 13.2. The highest BCUT2D eigenvalue weighted by molar-refractivity contribution is 5.93. The lowest BCUT2D eigenvalue weighted by molar-refractivity contribution is -0.276. The molecule has 4 N–H and O–H groups in total. The average Bonchev–Trinajstić information content (AvgIpc) is 3.41. The number of hydrogen-bond acceptors (Lipinski definition) is 8. The number of para-hydroxylation sites is 1. The zero-order valence-corrected chi connectivity index (χ0v) is 26.5. The number of hydrogen-bond donors (Lipinski definition) is 4. The van der Waals surface area contributed by atoms with Crippen LogP contribution in [-0.4, -0.2) is 70.8 Å². The molecule has 3 aromatic carbocycles. The predicted octanol–water partition coefficient (Wildman–Crippen LogP) is 4.20. The van der Waals surface area contributed by atoms with E-state index in [1.165, 1.54) is 0 Å². The Balaban J connectivity index is 1.17. The highest BCUT2D eigenvalue weighted by Gasteiger charge is 2.51. The quantitative estimate of drug-likeness (QED) is 0.256. The van der Waals surface area contributed by atoms with Gasteiger partial charge in [0.1, 0.15) is 5.54 Å². The lowest BCUT2D eigenvalue weighted by Gasteiger charge is -2.46. The number of amides is 2. The molecule has 0 aromatic heterocycles. The SMILES string of the molecule is C[C@@H]1[C@H](CN2CCC3(CC2)C(=O)NCN3c2ccccc2)O[C@H](c2ccc(NC(=O)CCC(=O)O)cc2)O[C@@H]1c1ccc(CO)cc1. The summed E-state index contributed by atoms with van der Waals surface area (Å²) in [5.41, 5.74) is 3.65. The molecule has 3 aliphatic heterocycles. The van der Waals surface area contributed by atoms with E-state index in [2.05, 4.69) is 39.5 Å². The monoisotopic (exact) mass is 642 g/mol. The first-order valence-corrected chi connectivity index (χ1v) is 16.2. The van der Waals surface area contributed by atoms with E-state index in [1.807, 2.05) is 54.6 Å².